The summed E-state index contributed by atoms with van der Waals surface area (Å²) in [6.07, 6.45) is 2.32. The van der Waals surface area contributed by atoms with Crippen LogP contribution in [0.1, 0.15) is 47.2 Å². The van der Waals surface area contributed by atoms with Gasteiger partial charge in [-0.1, -0.05) is 6.07 Å². The van der Waals surface area contributed by atoms with E-state index in [1.54, 1.807) is 20.1 Å². The number of rotatable bonds is 13. The maximum atomic E-state index is 12.4. The molecule has 166 valence electrons. The molecule has 1 aromatic carbocycles. The van der Waals surface area contributed by atoms with Gasteiger partial charge in [0.05, 0.1) is 24.8 Å². The molecule has 0 spiro atoms. The molecule has 0 saturated carbocycles. The summed E-state index contributed by atoms with van der Waals surface area (Å²) in [5, 5.41) is 0. The highest BCUT2D eigenvalue weighted by molar-refractivity contribution is 7.51. The molecule has 1 unspecified atom stereocenters. The van der Waals surface area contributed by atoms with Gasteiger partial charge >= 0.3 is 7.60 Å². The van der Waals surface area contributed by atoms with Crippen LogP contribution >= 0.6 is 18.9 Å². The Kier molecular flexibility index (Phi) is 9.07. The number of aryl methyl sites for hydroxylation is 1. The number of thiophene rings is 1. The van der Waals surface area contributed by atoms with E-state index in [4.69, 9.17) is 25.0 Å². The van der Waals surface area contributed by atoms with Gasteiger partial charge in [0.1, 0.15) is 11.5 Å². The molecule has 4 N–H and O–H groups in total. The Morgan fingerprint density at radius 2 is 1.93 bits per heavy atom. The van der Waals surface area contributed by atoms with E-state index in [9.17, 15) is 9.36 Å². The smallest absolute Gasteiger partial charge is 0.325 e. The van der Waals surface area contributed by atoms with Crippen LogP contribution in [0, 0.1) is 0 Å². The molecule has 1 aromatic heterocycles. The normalized spacial score (nSPS) is 13.6. The summed E-state index contributed by atoms with van der Waals surface area (Å²) in [4.78, 5) is 32.2. The second-order valence-electron chi connectivity index (χ2n) is 7.61. The third kappa shape index (κ3) is 8.98. The highest BCUT2D eigenvalue weighted by Crippen LogP contribution is 2.37. The summed E-state index contributed by atoms with van der Waals surface area (Å²) in [5.41, 5.74) is 5.50. The highest BCUT2D eigenvalue weighted by Gasteiger charge is 2.24. The number of methoxy groups -OCH3 is 1. The van der Waals surface area contributed by atoms with E-state index >= 15 is 0 Å². The fourth-order valence-electron chi connectivity index (χ4n) is 2.83. The number of carbonyl (C=O) groups excluding carboxylic acids is 1. The van der Waals surface area contributed by atoms with Crippen molar-refractivity contribution in [1.29, 1.82) is 0 Å². The standard InChI is InChI=1S/C21H30NO6PS/c1-21(22,12-14-29(24,25)26)11-10-18-8-9-20(30-18)19(23)7-4-13-28-17-6-3-5-16(15-17)27-2/h3,5-6,8-9,15H,4,7,10-14,22H2,1-2H3,(H2,24,25,26). The van der Waals surface area contributed by atoms with Crippen molar-refractivity contribution in [3.8, 4) is 11.5 Å². The number of Topliss-reactive ketones (excluding diaryl/α,β-unsaturated/α-hetero) is 1. The summed E-state index contributed by atoms with van der Waals surface area (Å²) in [6, 6.07) is 11.1. The van der Waals surface area contributed by atoms with Crippen LogP contribution < -0.4 is 15.2 Å². The second kappa shape index (κ2) is 11.1. The zero-order chi connectivity index (χ0) is 22.2. The van der Waals surface area contributed by atoms with Crippen molar-refractivity contribution in [1.82, 2.24) is 0 Å². The molecule has 2 aromatic rings. The van der Waals surface area contributed by atoms with Crippen LogP contribution in [0.3, 0.4) is 0 Å². The third-order valence-electron chi connectivity index (χ3n) is 4.71. The Balaban J connectivity index is 1.74. The molecular weight excluding hydrogens is 425 g/mol. The molecule has 7 nitrogen and oxygen atoms in total. The van der Waals surface area contributed by atoms with Gasteiger partial charge in [0.25, 0.3) is 0 Å². The van der Waals surface area contributed by atoms with Crippen molar-refractivity contribution >= 4 is 24.7 Å². The van der Waals surface area contributed by atoms with Gasteiger partial charge < -0.3 is 25.0 Å². The maximum absolute atomic E-state index is 12.4. The van der Waals surface area contributed by atoms with Crippen molar-refractivity contribution in [3.63, 3.8) is 0 Å². The predicted octanol–water partition coefficient (Wildman–Crippen LogP) is 4.02. The van der Waals surface area contributed by atoms with Crippen LogP contribution in [0.2, 0.25) is 0 Å². The second-order valence-corrected chi connectivity index (χ2v) is 10.6. The molecule has 0 radical (unpaired) electrons. The lowest BCUT2D eigenvalue weighted by Gasteiger charge is -2.24. The summed E-state index contributed by atoms with van der Waals surface area (Å²) in [5.74, 6) is 1.52. The van der Waals surface area contributed by atoms with Crippen molar-refractivity contribution < 1.29 is 28.6 Å². The molecule has 0 aliphatic carbocycles. The summed E-state index contributed by atoms with van der Waals surface area (Å²) in [6.45, 7) is 2.24. The summed E-state index contributed by atoms with van der Waals surface area (Å²) >= 11 is 1.45. The minimum atomic E-state index is -4.04. The molecule has 30 heavy (non-hydrogen) atoms. The molecule has 2 rings (SSSR count). The third-order valence-corrected chi connectivity index (χ3v) is 6.70. The van der Waals surface area contributed by atoms with Crippen molar-refractivity contribution in [2.45, 2.75) is 44.6 Å². The Morgan fingerprint density at radius 1 is 1.20 bits per heavy atom. The number of hydrogen-bond acceptors (Lipinski definition) is 6. The van der Waals surface area contributed by atoms with Gasteiger partial charge in [0.2, 0.25) is 0 Å². The quantitative estimate of drug-likeness (QED) is 0.237. The van der Waals surface area contributed by atoms with E-state index in [1.165, 1.54) is 11.3 Å². The number of nitrogens with two attached hydrogens (primary N) is 1. The SMILES string of the molecule is COc1cccc(OCCCC(=O)c2ccc(CCC(C)(N)CCP(=O)(O)O)s2)c1. The fraction of sp³-hybridized carbons (Fsp3) is 0.476. The molecule has 1 heterocycles. The lowest BCUT2D eigenvalue weighted by molar-refractivity contribution is 0.0977. The number of carbonyl (C=O) groups is 1. The molecule has 0 bridgehead atoms. The number of benzene rings is 1. The van der Waals surface area contributed by atoms with Crippen molar-refractivity contribution in [2.24, 2.45) is 5.73 Å². The predicted molar refractivity (Wildman–Crippen MR) is 119 cm³/mol. The van der Waals surface area contributed by atoms with Gasteiger partial charge in [-0.2, -0.15) is 0 Å². The first-order valence-corrected chi connectivity index (χ1v) is 12.4. The van der Waals surface area contributed by atoms with Crippen LogP contribution in [-0.2, 0) is 11.0 Å². The lowest BCUT2D eigenvalue weighted by Crippen LogP contribution is -2.37. The first-order valence-electron chi connectivity index (χ1n) is 9.80. The van der Waals surface area contributed by atoms with Gasteiger partial charge in [-0.3, -0.25) is 9.36 Å². The topological polar surface area (TPSA) is 119 Å². The summed E-state index contributed by atoms with van der Waals surface area (Å²) < 4.78 is 21.9. The van der Waals surface area contributed by atoms with Gasteiger partial charge in [-0.25, -0.2) is 0 Å². The molecule has 0 aliphatic heterocycles. The zero-order valence-electron chi connectivity index (χ0n) is 17.4. The van der Waals surface area contributed by atoms with E-state index < -0.39 is 13.1 Å². The maximum Gasteiger partial charge on any atom is 0.325 e. The molecule has 0 saturated heterocycles. The van der Waals surface area contributed by atoms with Crippen molar-refractivity contribution in [2.75, 3.05) is 19.9 Å². The van der Waals surface area contributed by atoms with Crippen LogP contribution in [0.15, 0.2) is 36.4 Å². The Morgan fingerprint density at radius 3 is 2.63 bits per heavy atom. The van der Waals surface area contributed by atoms with Gasteiger partial charge in [-0.15, -0.1) is 11.3 Å². The average molecular weight is 456 g/mol. The Hall–Kier alpha value is -1.70. The molecule has 0 aliphatic rings. The van der Waals surface area contributed by atoms with Crippen LogP contribution in [-0.4, -0.2) is 41.0 Å². The van der Waals surface area contributed by atoms with Crippen LogP contribution in [0.4, 0.5) is 0 Å². The Labute approximate surface area is 181 Å². The minimum absolute atomic E-state index is 0.0810. The monoisotopic (exact) mass is 455 g/mol. The van der Waals surface area contributed by atoms with Gasteiger partial charge in [0, 0.05) is 22.9 Å². The first kappa shape index (κ1) is 24.6. The van der Waals surface area contributed by atoms with E-state index in [1.807, 2.05) is 30.3 Å². The van der Waals surface area contributed by atoms with Gasteiger partial charge in [0.15, 0.2) is 5.78 Å². The number of hydrogen-bond donors (Lipinski definition) is 3. The summed E-state index contributed by atoms with van der Waals surface area (Å²) in [7, 11) is -2.44. The number of ketones is 1. The molecule has 0 fully saturated rings. The lowest BCUT2D eigenvalue weighted by atomic mass is 9.94. The molecular formula is C21H30NO6PS. The number of ether oxygens (including phenoxy) is 2. The zero-order valence-corrected chi connectivity index (χ0v) is 19.1. The van der Waals surface area contributed by atoms with E-state index in [-0.39, 0.29) is 18.4 Å². The van der Waals surface area contributed by atoms with Crippen LogP contribution in [0.25, 0.3) is 0 Å². The highest BCUT2D eigenvalue weighted by atomic mass is 32.1. The molecule has 0 amide bonds. The van der Waals surface area contributed by atoms with Gasteiger partial charge in [-0.05, 0) is 56.9 Å². The minimum Gasteiger partial charge on any atom is -0.497 e. The van der Waals surface area contributed by atoms with E-state index in [0.717, 1.165) is 10.6 Å². The largest absolute Gasteiger partial charge is 0.497 e. The first-order chi connectivity index (χ1) is 14.1. The molecule has 1 atom stereocenters. The van der Waals surface area contributed by atoms with Crippen molar-refractivity contribution in [3.05, 3.63) is 46.2 Å². The van der Waals surface area contributed by atoms with E-state index in [2.05, 4.69) is 0 Å². The van der Waals surface area contributed by atoms with E-state index in [0.29, 0.717) is 42.9 Å². The Bertz CT molecular complexity index is 876. The average Bonchev–Trinajstić information content (AvgIpc) is 3.17. The molecule has 9 heteroatoms. The fourth-order valence-corrected chi connectivity index (χ4v) is 4.61. The van der Waals surface area contributed by atoms with Crippen LogP contribution in [0.5, 0.6) is 11.5 Å².